The third kappa shape index (κ3) is 6.51. The molecule has 2 heterocycles. The van der Waals surface area contributed by atoms with Crippen LogP contribution >= 0.6 is 11.3 Å². The number of carbonyl (C=O) groups excluding carboxylic acids is 1. The van der Waals surface area contributed by atoms with Crippen molar-refractivity contribution in [2.75, 3.05) is 6.54 Å². The average molecular weight is 458 g/mol. The average Bonchev–Trinajstić information content (AvgIpc) is 3.32. The molecule has 1 amide bonds. The number of carbonyl (C=O) groups is 2. The predicted octanol–water partition coefficient (Wildman–Crippen LogP) is 5.39. The van der Waals surface area contributed by atoms with Crippen LogP contribution in [0, 0.1) is 11.8 Å². The minimum absolute atomic E-state index is 0.215. The molecular formula is C25H25F2NO3S. The lowest BCUT2D eigenvalue weighted by Crippen LogP contribution is -2.36. The number of hydrogen-bond acceptors (Lipinski definition) is 3. The summed E-state index contributed by atoms with van der Waals surface area (Å²) >= 11 is 1.17. The van der Waals surface area contributed by atoms with E-state index in [1.807, 2.05) is 36.4 Å². The Labute approximate surface area is 190 Å². The van der Waals surface area contributed by atoms with Gasteiger partial charge in [-0.15, -0.1) is 11.3 Å². The SMILES string of the molecule is O=C(O)c1ccc(CCCN2C(=O)C(F)(F)CC2/C=C/CCCC#Cc2ccccc2)s1. The number of unbranched alkanes of at least 4 members (excludes halogenated alkanes) is 2. The van der Waals surface area contributed by atoms with Crippen molar-refractivity contribution in [1.29, 1.82) is 0 Å². The van der Waals surface area contributed by atoms with Crippen LogP contribution in [0.4, 0.5) is 8.78 Å². The fourth-order valence-corrected chi connectivity index (χ4v) is 4.45. The number of carboxylic acids is 1. The number of amides is 1. The summed E-state index contributed by atoms with van der Waals surface area (Å²) in [6.07, 6.45) is 6.34. The van der Waals surface area contributed by atoms with Crippen LogP contribution in [0.3, 0.4) is 0 Å². The lowest BCUT2D eigenvalue weighted by Gasteiger charge is -2.21. The molecule has 1 aliphatic rings. The minimum Gasteiger partial charge on any atom is -0.477 e. The highest BCUT2D eigenvalue weighted by atomic mass is 32.1. The van der Waals surface area contributed by atoms with Crippen molar-refractivity contribution in [2.45, 2.75) is 50.5 Å². The largest absolute Gasteiger partial charge is 0.477 e. The Bertz CT molecular complexity index is 1020. The molecule has 7 heteroatoms. The molecule has 168 valence electrons. The maximum Gasteiger partial charge on any atom is 0.345 e. The molecule has 0 saturated carbocycles. The van der Waals surface area contributed by atoms with Gasteiger partial charge in [0.25, 0.3) is 5.91 Å². The fourth-order valence-electron chi connectivity index (χ4n) is 3.56. The molecule has 0 spiro atoms. The molecule has 0 aliphatic carbocycles. The van der Waals surface area contributed by atoms with Gasteiger partial charge in [0.15, 0.2) is 0 Å². The van der Waals surface area contributed by atoms with E-state index in [0.29, 0.717) is 25.7 Å². The number of rotatable bonds is 9. The standard InChI is InChI=1S/C25H25F2NO3S/c26-25(27)18-20(13-8-3-1-2-5-10-19-11-6-4-7-12-19)28(24(25)31)17-9-14-21-15-16-22(32-21)23(29)30/h4,6-8,11-13,15-16,20H,1-3,9,14,17-18H2,(H,29,30)/b13-8+. The summed E-state index contributed by atoms with van der Waals surface area (Å²) in [6.45, 7) is 0.215. The van der Waals surface area contributed by atoms with Crippen LogP contribution in [-0.4, -0.2) is 40.4 Å². The number of nitrogens with zero attached hydrogens (tertiary/aromatic N) is 1. The van der Waals surface area contributed by atoms with Crippen LogP contribution in [0.5, 0.6) is 0 Å². The van der Waals surface area contributed by atoms with Crippen molar-refractivity contribution < 1.29 is 23.5 Å². The first-order valence-corrected chi connectivity index (χ1v) is 11.4. The number of benzene rings is 1. The number of likely N-dealkylation sites (tertiary alicyclic amines) is 1. The van der Waals surface area contributed by atoms with Crippen LogP contribution in [-0.2, 0) is 11.2 Å². The Morgan fingerprint density at radius 3 is 2.72 bits per heavy atom. The van der Waals surface area contributed by atoms with Gasteiger partial charge < -0.3 is 10.0 Å². The number of aromatic carboxylic acids is 1. The van der Waals surface area contributed by atoms with Crippen molar-refractivity contribution in [3.8, 4) is 11.8 Å². The van der Waals surface area contributed by atoms with Gasteiger partial charge >= 0.3 is 11.9 Å². The Hall–Kier alpha value is -2.98. The zero-order valence-electron chi connectivity index (χ0n) is 17.6. The third-order valence-corrected chi connectivity index (χ3v) is 6.30. The van der Waals surface area contributed by atoms with Crippen molar-refractivity contribution in [3.63, 3.8) is 0 Å². The lowest BCUT2D eigenvalue weighted by molar-refractivity contribution is -0.148. The number of allylic oxidation sites excluding steroid dienone is 1. The van der Waals surface area contributed by atoms with E-state index in [2.05, 4.69) is 11.8 Å². The molecule has 1 N–H and O–H groups in total. The van der Waals surface area contributed by atoms with E-state index < -0.39 is 30.3 Å². The molecule has 3 rings (SSSR count). The summed E-state index contributed by atoms with van der Waals surface area (Å²) < 4.78 is 28.0. The summed E-state index contributed by atoms with van der Waals surface area (Å²) in [6, 6.07) is 12.3. The van der Waals surface area contributed by atoms with Crippen LogP contribution in [0.15, 0.2) is 54.6 Å². The van der Waals surface area contributed by atoms with E-state index in [-0.39, 0.29) is 11.4 Å². The molecule has 1 unspecified atom stereocenters. The molecule has 1 aromatic heterocycles. The van der Waals surface area contributed by atoms with E-state index >= 15 is 0 Å². The summed E-state index contributed by atoms with van der Waals surface area (Å²) in [5.74, 6) is 0.750. The van der Waals surface area contributed by atoms with Gasteiger partial charge in [-0.2, -0.15) is 8.78 Å². The summed E-state index contributed by atoms with van der Waals surface area (Å²) in [5.41, 5.74) is 0.965. The second-order valence-electron chi connectivity index (χ2n) is 7.64. The van der Waals surface area contributed by atoms with E-state index in [4.69, 9.17) is 5.11 Å². The van der Waals surface area contributed by atoms with Gasteiger partial charge in [-0.05, 0) is 49.9 Å². The Morgan fingerprint density at radius 1 is 1.22 bits per heavy atom. The Kier molecular flexibility index (Phi) is 8.18. The van der Waals surface area contributed by atoms with Crippen molar-refractivity contribution in [1.82, 2.24) is 4.90 Å². The molecule has 1 aromatic carbocycles. The zero-order chi connectivity index (χ0) is 23.0. The summed E-state index contributed by atoms with van der Waals surface area (Å²) in [5, 5.41) is 8.99. The number of alkyl halides is 2. The number of carboxylic acid groups (broad SMARTS) is 1. The van der Waals surface area contributed by atoms with Crippen molar-refractivity contribution in [3.05, 3.63) is 69.9 Å². The predicted molar refractivity (Wildman–Crippen MR) is 121 cm³/mol. The van der Waals surface area contributed by atoms with E-state index in [0.717, 1.165) is 16.9 Å². The number of thiophene rings is 1. The van der Waals surface area contributed by atoms with E-state index in [1.54, 1.807) is 12.1 Å². The first kappa shape index (κ1) is 23.7. The fraction of sp³-hybridized carbons (Fsp3) is 0.360. The number of halogens is 2. The first-order chi connectivity index (χ1) is 15.4. The van der Waals surface area contributed by atoms with Gasteiger partial charge in [0.05, 0.1) is 6.04 Å². The zero-order valence-corrected chi connectivity index (χ0v) is 18.4. The molecule has 1 atom stereocenters. The maximum atomic E-state index is 14.0. The molecule has 4 nitrogen and oxygen atoms in total. The highest BCUT2D eigenvalue weighted by Gasteiger charge is 2.52. The van der Waals surface area contributed by atoms with Gasteiger partial charge in [0.2, 0.25) is 0 Å². The van der Waals surface area contributed by atoms with Gasteiger partial charge in [0.1, 0.15) is 4.88 Å². The molecule has 1 aliphatic heterocycles. The van der Waals surface area contributed by atoms with Crippen LogP contribution < -0.4 is 0 Å². The molecule has 1 saturated heterocycles. The topological polar surface area (TPSA) is 57.6 Å². The van der Waals surface area contributed by atoms with Gasteiger partial charge in [-0.3, -0.25) is 4.79 Å². The molecule has 0 bridgehead atoms. The van der Waals surface area contributed by atoms with Crippen LogP contribution in [0.25, 0.3) is 0 Å². The lowest BCUT2D eigenvalue weighted by atomic mass is 10.1. The first-order valence-electron chi connectivity index (χ1n) is 10.6. The second-order valence-corrected chi connectivity index (χ2v) is 8.81. The van der Waals surface area contributed by atoms with E-state index in [9.17, 15) is 18.4 Å². The maximum absolute atomic E-state index is 14.0. The Balaban J connectivity index is 1.47. The normalized spacial score (nSPS) is 17.5. The second kappa shape index (κ2) is 11.1. The smallest absolute Gasteiger partial charge is 0.345 e. The highest BCUT2D eigenvalue weighted by molar-refractivity contribution is 7.13. The van der Waals surface area contributed by atoms with Crippen molar-refractivity contribution >= 4 is 23.2 Å². The molecular weight excluding hydrogens is 432 g/mol. The molecule has 2 aromatic rings. The van der Waals surface area contributed by atoms with Crippen LogP contribution in [0.1, 0.15) is 52.2 Å². The van der Waals surface area contributed by atoms with Gasteiger partial charge in [-0.1, -0.05) is 42.2 Å². The number of aryl methyl sites for hydroxylation is 1. The van der Waals surface area contributed by atoms with Gasteiger partial charge in [-0.25, -0.2) is 4.79 Å². The van der Waals surface area contributed by atoms with Gasteiger partial charge in [0, 0.05) is 29.8 Å². The Morgan fingerprint density at radius 2 is 2.00 bits per heavy atom. The summed E-state index contributed by atoms with van der Waals surface area (Å²) in [7, 11) is 0. The third-order valence-electron chi connectivity index (χ3n) is 5.17. The quantitative estimate of drug-likeness (QED) is 0.312. The molecule has 0 radical (unpaired) electrons. The monoisotopic (exact) mass is 457 g/mol. The van der Waals surface area contributed by atoms with E-state index in [1.165, 1.54) is 22.3 Å². The minimum atomic E-state index is -3.34. The van der Waals surface area contributed by atoms with Crippen LogP contribution in [0.2, 0.25) is 0 Å². The number of hydrogen-bond donors (Lipinski definition) is 1. The molecule has 32 heavy (non-hydrogen) atoms. The summed E-state index contributed by atoms with van der Waals surface area (Å²) in [4.78, 5) is 25.5. The van der Waals surface area contributed by atoms with Crippen molar-refractivity contribution in [2.24, 2.45) is 0 Å². The molecule has 1 fully saturated rings. The highest BCUT2D eigenvalue weighted by Crippen LogP contribution is 2.34.